The Kier molecular flexibility index (Phi) is 9.75. The van der Waals surface area contributed by atoms with Crippen molar-refractivity contribution in [1.82, 2.24) is 0 Å². The number of hydrogen-bond acceptors (Lipinski definition) is 5. The van der Waals surface area contributed by atoms with Gasteiger partial charge >= 0.3 is 0 Å². The molecule has 5 atom stereocenters. The standard InChI is InChI=1S/C26H34O5.C2H6/c1-17-3-6-19(26-14-21(28)13-25(16-27)31-26)12-20(17)11-18-4-7-22(8-5-18)30-24-10-9-23(15-24)29-2;1-2/h3-8,12,21,23-28H,9-11,13-16H2,1-2H3;1-2H3/t21-,23-,24+,25-,26+;/m0./s1. The number of aliphatic hydroxyl groups excluding tert-OH is 2. The quantitative estimate of drug-likeness (QED) is 0.604. The second-order valence-electron chi connectivity index (χ2n) is 8.97. The van der Waals surface area contributed by atoms with E-state index in [0.29, 0.717) is 18.9 Å². The van der Waals surface area contributed by atoms with Gasteiger partial charge in [0.2, 0.25) is 0 Å². The monoisotopic (exact) mass is 456 g/mol. The molecule has 0 aromatic heterocycles. The van der Waals surface area contributed by atoms with Crippen molar-refractivity contribution in [1.29, 1.82) is 0 Å². The van der Waals surface area contributed by atoms with Gasteiger partial charge < -0.3 is 24.4 Å². The summed E-state index contributed by atoms with van der Waals surface area (Å²) in [5.41, 5.74) is 4.77. The van der Waals surface area contributed by atoms with Crippen molar-refractivity contribution < 1.29 is 24.4 Å². The molecule has 1 aliphatic carbocycles. The lowest BCUT2D eigenvalue weighted by atomic mass is 9.92. The van der Waals surface area contributed by atoms with Crippen LogP contribution in [0.25, 0.3) is 0 Å². The first-order valence-electron chi connectivity index (χ1n) is 12.4. The van der Waals surface area contributed by atoms with Crippen LogP contribution in [0.4, 0.5) is 0 Å². The third kappa shape index (κ3) is 7.03. The molecule has 1 heterocycles. The van der Waals surface area contributed by atoms with Crippen LogP contribution in [0.2, 0.25) is 0 Å². The van der Waals surface area contributed by atoms with E-state index in [4.69, 9.17) is 14.2 Å². The smallest absolute Gasteiger partial charge is 0.119 e. The molecule has 2 aromatic rings. The zero-order valence-electron chi connectivity index (χ0n) is 20.5. The molecule has 1 saturated carbocycles. The number of rotatable bonds is 7. The van der Waals surface area contributed by atoms with Gasteiger partial charge in [-0.25, -0.2) is 0 Å². The fourth-order valence-corrected chi connectivity index (χ4v) is 4.72. The highest BCUT2D eigenvalue weighted by molar-refractivity contribution is 5.38. The van der Waals surface area contributed by atoms with Crippen LogP contribution in [0.15, 0.2) is 42.5 Å². The van der Waals surface area contributed by atoms with E-state index in [1.165, 1.54) is 16.7 Å². The van der Waals surface area contributed by atoms with Gasteiger partial charge in [-0.3, -0.25) is 0 Å². The zero-order valence-corrected chi connectivity index (χ0v) is 20.5. The van der Waals surface area contributed by atoms with E-state index >= 15 is 0 Å². The van der Waals surface area contributed by atoms with E-state index in [1.54, 1.807) is 7.11 Å². The molecule has 182 valence electrons. The fourth-order valence-electron chi connectivity index (χ4n) is 4.72. The maximum Gasteiger partial charge on any atom is 0.119 e. The molecule has 1 aliphatic heterocycles. The Morgan fingerprint density at radius 2 is 1.70 bits per heavy atom. The Bertz CT molecular complexity index is 850. The molecule has 2 aliphatic rings. The van der Waals surface area contributed by atoms with Crippen molar-refractivity contribution in [2.45, 2.75) is 89.8 Å². The van der Waals surface area contributed by atoms with Crippen LogP contribution in [-0.2, 0) is 15.9 Å². The Balaban J connectivity index is 0.00000149. The van der Waals surface area contributed by atoms with Crippen LogP contribution in [0, 0.1) is 6.92 Å². The predicted molar refractivity (Wildman–Crippen MR) is 131 cm³/mol. The average molecular weight is 457 g/mol. The zero-order chi connectivity index (χ0) is 23.8. The third-order valence-electron chi connectivity index (χ3n) is 6.62. The SMILES string of the molecule is CC.CO[C@H]1CC[C@@H](Oc2ccc(Cc3cc([C@H]4C[C@@H](O)C[C@@H](CO)O4)ccc3C)cc2)C1. The minimum Gasteiger partial charge on any atom is -0.490 e. The van der Waals surface area contributed by atoms with Gasteiger partial charge in [-0.15, -0.1) is 0 Å². The van der Waals surface area contributed by atoms with Crippen molar-refractivity contribution in [2.24, 2.45) is 0 Å². The number of ether oxygens (including phenoxy) is 3. The van der Waals surface area contributed by atoms with E-state index in [1.807, 2.05) is 13.8 Å². The Morgan fingerprint density at radius 3 is 2.36 bits per heavy atom. The van der Waals surface area contributed by atoms with E-state index in [2.05, 4.69) is 49.4 Å². The molecule has 0 radical (unpaired) electrons. The maximum atomic E-state index is 10.1. The Hall–Kier alpha value is -1.92. The van der Waals surface area contributed by atoms with E-state index in [0.717, 1.165) is 37.0 Å². The summed E-state index contributed by atoms with van der Waals surface area (Å²) >= 11 is 0. The molecule has 2 N–H and O–H groups in total. The molecule has 5 heteroatoms. The second-order valence-corrected chi connectivity index (χ2v) is 8.97. The summed E-state index contributed by atoms with van der Waals surface area (Å²) < 4.78 is 17.6. The number of aryl methyl sites for hydroxylation is 1. The highest BCUT2D eigenvalue weighted by Gasteiger charge is 2.29. The predicted octanol–water partition coefficient (Wildman–Crippen LogP) is 5.13. The molecule has 0 unspecified atom stereocenters. The lowest BCUT2D eigenvalue weighted by molar-refractivity contribution is -0.113. The Labute approximate surface area is 198 Å². The van der Waals surface area contributed by atoms with Crippen molar-refractivity contribution in [2.75, 3.05) is 13.7 Å². The number of methoxy groups -OCH3 is 1. The molecule has 0 spiro atoms. The normalized spacial score (nSPS) is 27.0. The van der Waals surface area contributed by atoms with Crippen LogP contribution in [0.3, 0.4) is 0 Å². The molecule has 0 bridgehead atoms. The van der Waals surface area contributed by atoms with Gasteiger partial charge in [-0.2, -0.15) is 0 Å². The summed E-state index contributed by atoms with van der Waals surface area (Å²) in [6.45, 7) is 6.06. The number of benzene rings is 2. The van der Waals surface area contributed by atoms with Crippen molar-refractivity contribution >= 4 is 0 Å². The van der Waals surface area contributed by atoms with Gasteiger partial charge in [0.25, 0.3) is 0 Å². The van der Waals surface area contributed by atoms with Crippen LogP contribution in [0.1, 0.15) is 74.3 Å². The summed E-state index contributed by atoms with van der Waals surface area (Å²) in [4.78, 5) is 0. The molecule has 0 amide bonds. The van der Waals surface area contributed by atoms with Gasteiger partial charge in [0.05, 0.1) is 31.0 Å². The largest absolute Gasteiger partial charge is 0.490 e. The topological polar surface area (TPSA) is 68.2 Å². The van der Waals surface area contributed by atoms with E-state index in [-0.39, 0.29) is 24.9 Å². The summed E-state index contributed by atoms with van der Waals surface area (Å²) in [7, 11) is 1.77. The summed E-state index contributed by atoms with van der Waals surface area (Å²) in [5, 5.41) is 19.6. The first-order valence-corrected chi connectivity index (χ1v) is 12.4. The van der Waals surface area contributed by atoms with Gasteiger partial charge in [-0.1, -0.05) is 44.2 Å². The van der Waals surface area contributed by atoms with Crippen LogP contribution < -0.4 is 4.74 Å². The summed E-state index contributed by atoms with van der Waals surface area (Å²) in [6.07, 6.45) is 4.59. The molecule has 33 heavy (non-hydrogen) atoms. The van der Waals surface area contributed by atoms with Crippen molar-refractivity contribution in [3.05, 3.63) is 64.7 Å². The fraction of sp³-hybridized carbons (Fsp3) is 0.571. The van der Waals surface area contributed by atoms with Gasteiger partial charge in [0.15, 0.2) is 0 Å². The first kappa shape index (κ1) is 25.7. The van der Waals surface area contributed by atoms with Gasteiger partial charge in [0.1, 0.15) is 11.9 Å². The lowest BCUT2D eigenvalue weighted by Crippen LogP contribution is -2.33. The van der Waals surface area contributed by atoms with Crippen LogP contribution in [-0.4, -0.2) is 48.3 Å². The first-order chi connectivity index (χ1) is 16.0. The van der Waals surface area contributed by atoms with Crippen LogP contribution >= 0.6 is 0 Å². The summed E-state index contributed by atoms with van der Waals surface area (Å²) in [6, 6.07) is 14.7. The maximum absolute atomic E-state index is 10.1. The molecular formula is C28H40O5. The average Bonchev–Trinajstić information content (AvgIpc) is 3.30. The Morgan fingerprint density at radius 1 is 0.970 bits per heavy atom. The minimum atomic E-state index is -0.438. The molecule has 2 fully saturated rings. The molecule has 2 aromatic carbocycles. The molecular weight excluding hydrogens is 416 g/mol. The van der Waals surface area contributed by atoms with Crippen LogP contribution in [0.5, 0.6) is 5.75 Å². The molecule has 1 saturated heterocycles. The molecule has 4 rings (SSSR count). The summed E-state index contributed by atoms with van der Waals surface area (Å²) in [5.74, 6) is 0.913. The number of aliphatic hydroxyl groups is 2. The van der Waals surface area contributed by atoms with Crippen molar-refractivity contribution in [3.63, 3.8) is 0 Å². The highest BCUT2D eigenvalue weighted by Crippen LogP contribution is 2.33. The van der Waals surface area contributed by atoms with Crippen molar-refractivity contribution in [3.8, 4) is 5.75 Å². The second kappa shape index (κ2) is 12.5. The van der Waals surface area contributed by atoms with Gasteiger partial charge in [-0.05, 0) is 60.6 Å². The molecule has 5 nitrogen and oxygen atoms in total. The van der Waals surface area contributed by atoms with Gasteiger partial charge in [0, 0.05) is 26.4 Å². The van der Waals surface area contributed by atoms with E-state index < -0.39 is 6.10 Å². The van der Waals surface area contributed by atoms with E-state index in [9.17, 15) is 10.2 Å². The lowest BCUT2D eigenvalue weighted by Gasteiger charge is -2.32. The highest BCUT2D eigenvalue weighted by atomic mass is 16.5. The third-order valence-corrected chi connectivity index (χ3v) is 6.62. The minimum absolute atomic E-state index is 0.0618. The number of hydrogen-bond donors (Lipinski definition) is 2.